The zero-order valence-electron chi connectivity index (χ0n) is 12.1. The molecule has 5 nitrogen and oxygen atoms in total. The molecule has 22 heavy (non-hydrogen) atoms. The Kier molecular flexibility index (Phi) is 4.52. The molecule has 114 valence electrons. The maximum absolute atomic E-state index is 6.06. The summed E-state index contributed by atoms with van der Waals surface area (Å²) in [4.78, 5) is 0. The molecule has 0 fully saturated rings. The molecule has 0 unspecified atom stereocenters. The van der Waals surface area contributed by atoms with Gasteiger partial charge in [0.25, 0.3) is 0 Å². The van der Waals surface area contributed by atoms with Crippen LogP contribution in [0.15, 0.2) is 41.7 Å². The lowest BCUT2D eigenvalue weighted by Gasteiger charge is -2.12. The second-order valence-corrected chi connectivity index (χ2v) is 5.70. The van der Waals surface area contributed by atoms with Gasteiger partial charge in [-0.2, -0.15) is 0 Å². The van der Waals surface area contributed by atoms with Crippen LogP contribution in [0.3, 0.4) is 0 Å². The largest absolute Gasteiger partial charge is 0.467 e. The van der Waals surface area contributed by atoms with Crippen LogP contribution in [0, 0.1) is 0 Å². The maximum atomic E-state index is 6.06. The molecule has 2 heterocycles. The van der Waals surface area contributed by atoms with Gasteiger partial charge in [-0.05, 0) is 36.6 Å². The molecule has 0 aliphatic rings. The third-order valence-electron chi connectivity index (χ3n) is 3.15. The molecule has 0 spiro atoms. The molecule has 2 aromatic heterocycles. The number of ether oxygens (including phenoxy) is 2. The van der Waals surface area contributed by atoms with Crippen LogP contribution in [0.1, 0.15) is 0 Å². The fourth-order valence-electron chi connectivity index (χ4n) is 2.20. The zero-order valence-corrected chi connectivity index (χ0v) is 13.7. The monoisotopic (exact) mass is 335 g/mol. The van der Waals surface area contributed by atoms with Gasteiger partial charge in [-0.1, -0.05) is 23.4 Å². The first kappa shape index (κ1) is 15.1. The van der Waals surface area contributed by atoms with Gasteiger partial charge in [0.15, 0.2) is 11.9 Å². The van der Waals surface area contributed by atoms with Crippen molar-refractivity contribution in [3.05, 3.63) is 41.6 Å². The lowest BCUT2D eigenvalue weighted by atomic mass is 10.1. The predicted octanol–water partition coefficient (Wildman–Crippen LogP) is 3.75. The van der Waals surface area contributed by atoms with Crippen LogP contribution in [0.25, 0.3) is 16.8 Å². The summed E-state index contributed by atoms with van der Waals surface area (Å²) < 4.78 is 12.6. The van der Waals surface area contributed by atoms with E-state index in [1.165, 1.54) is 0 Å². The summed E-state index contributed by atoms with van der Waals surface area (Å²) in [6, 6.07) is 9.40. The van der Waals surface area contributed by atoms with Gasteiger partial charge in [-0.3, -0.25) is 4.40 Å². The molecule has 1 aromatic carbocycles. The van der Waals surface area contributed by atoms with E-state index in [1.54, 1.807) is 31.0 Å². The number of aromatic nitrogens is 3. The first-order valence-electron chi connectivity index (χ1n) is 6.54. The number of benzene rings is 1. The maximum Gasteiger partial charge on any atom is 0.194 e. The second kappa shape index (κ2) is 6.56. The van der Waals surface area contributed by atoms with Gasteiger partial charge >= 0.3 is 0 Å². The van der Waals surface area contributed by atoms with E-state index >= 15 is 0 Å². The summed E-state index contributed by atoms with van der Waals surface area (Å²) in [6.07, 6.45) is 3.93. The molecule has 0 aliphatic carbocycles. The number of rotatable bonds is 5. The van der Waals surface area contributed by atoms with Crippen molar-refractivity contribution in [1.82, 2.24) is 14.6 Å². The Labute approximate surface area is 137 Å². The highest BCUT2D eigenvalue weighted by Gasteiger charge is 2.15. The number of nitrogens with zero attached hydrogens (tertiary/aromatic N) is 3. The molecule has 3 aromatic rings. The van der Waals surface area contributed by atoms with Crippen LogP contribution in [0.2, 0.25) is 5.02 Å². The number of hydrogen-bond donors (Lipinski definition) is 0. The molecule has 0 saturated carbocycles. The summed E-state index contributed by atoms with van der Waals surface area (Å²) in [5.41, 5.74) is 2.53. The van der Waals surface area contributed by atoms with Gasteiger partial charge in [0.1, 0.15) is 11.4 Å². The number of methoxy groups -OCH3 is 1. The summed E-state index contributed by atoms with van der Waals surface area (Å²) in [7, 11) is 1.57. The van der Waals surface area contributed by atoms with Crippen LogP contribution in [0.4, 0.5) is 0 Å². The van der Waals surface area contributed by atoms with Crippen LogP contribution < -0.4 is 4.74 Å². The molecular weight excluding hydrogens is 322 g/mol. The Bertz CT molecular complexity index is 807. The SMILES string of the molecule is COCOc1cc(Cl)ccc1-c1nnc(SC)n2cccc12. The number of hydrogen-bond acceptors (Lipinski definition) is 5. The van der Waals surface area contributed by atoms with Crippen molar-refractivity contribution in [2.45, 2.75) is 5.16 Å². The Morgan fingerprint density at radius 1 is 1.27 bits per heavy atom. The van der Waals surface area contributed by atoms with Gasteiger partial charge in [0, 0.05) is 23.9 Å². The van der Waals surface area contributed by atoms with Crippen LogP contribution in [-0.2, 0) is 4.74 Å². The first-order chi connectivity index (χ1) is 10.7. The molecule has 0 saturated heterocycles. The van der Waals surface area contributed by atoms with Crippen molar-refractivity contribution in [3.63, 3.8) is 0 Å². The van der Waals surface area contributed by atoms with E-state index in [4.69, 9.17) is 21.1 Å². The van der Waals surface area contributed by atoms with Crippen molar-refractivity contribution >= 4 is 28.9 Å². The van der Waals surface area contributed by atoms with E-state index in [-0.39, 0.29) is 6.79 Å². The summed E-state index contributed by atoms with van der Waals surface area (Å²) >= 11 is 7.61. The molecule has 0 bridgehead atoms. The molecular formula is C15H14ClN3O2S. The molecule has 0 N–H and O–H groups in total. The zero-order chi connectivity index (χ0) is 15.5. The average Bonchev–Trinajstić information content (AvgIpc) is 3.02. The minimum absolute atomic E-state index is 0.140. The van der Waals surface area contributed by atoms with E-state index in [0.717, 1.165) is 21.9 Å². The van der Waals surface area contributed by atoms with Gasteiger partial charge in [0.2, 0.25) is 0 Å². The highest BCUT2D eigenvalue weighted by atomic mass is 35.5. The fourth-order valence-corrected chi connectivity index (χ4v) is 2.84. The van der Waals surface area contributed by atoms with Crippen LogP contribution in [-0.4, -0.2) is 34.8 Å². The highest BCUT2D eigenvalue weighted by molar-refractivity contribution is 7.98. The molecule has 0 amide bonds. The van der Waals surface area contributed by atoms with Crippen molar-refractivity contribution < 1.29 is 9.47 Å². The van der Waals surface area contributed by atoms with Crippen molar-refractivity contribution in [2.24, 2.45) is 0 Å². The minimum Gasteiger partial charge on any atom is -0.467 e. The number of thioether (sulfide) groups is 1. The summed E-state index contributed by atoms with van der Waals surface area (Å²) in [5.74, 6) is 0.614. The third kappa shape index (κ3) is 2.77. The van der Waals surface area contributed by atoms with E-state index < -0.39 is 0 Å². The predicted molar refractivity (Wildman–Crippen MR) is 87.7 cm³/mol. The highest BCUT2D eigenvalue weighted by Crippen LogP contribution is 2.34. The van der Waals surface area contributed by atoms with Gasteiger partial charge in [0.05, 0.1) is 5.52 Å². The number of fused-ring (bicyclic) bond motifs is 1. The standard InChI is InChI=1S/C15H14ClN3O2S/c1-20-9-21-13-8-10(16)5-6-11(13)14-12-4-3-7-19(12)15(22-2)18-17-14/h3-8H,9H2,1-2H3. The Balaban J connectivity index is 2.17. The Hall–Kier alpha value is -1.76. The van der Waals surface area contributed by atoms with E-state index in [9.17, 15) is 0 Å². The first-order valence-corrected chi connectivity index (χ1v) is 8.14. The van der Waals surface area contributed by atoms with Crippen LogP contribution >= 0.6 is 23.4 Å². The third-order valence-corrected chi connectivity index (χ3v) is 4.03. The van der Waals surface area contributed by atoms with E-state index in [1.807, 2.05) is 35.1 Å². The Morgan fingerprint density at radius 2 is 2.14 bits per heavy atom. The molecule has 7 heteroatoms. The Morgan fingerprint density at radius 3 is 2.91 bits per heavy atom. The molecule has 0 aliphatic heterocycles. The quantitative estimate of drug-likeness (QED) is 0.525. The summed E-state index contributed by atoms with van der Waals surface area (Å²) in [6.45, 7) is 0.140. The lowest BCUT2D eigenvalue weighted by molar-refractivity contribution is 0.0515. The van der Waals surface area contributed by atoms with Crippen molar-refractivity contribution in [1.29, 1.82) is 0 Å². The lowest BCUT2D eigenvalue weighted by Crippen LogP contribution is -2.03. The molecule has 3 rings (SSSR count). The number of halogens is 1. The van der Waals surface area contributed by atoms with E-state index in [2.05, 4.69) is 10.2 Å². The smallest absolute Gasteiger partial charge is 0.194 e. The van der Waals surface area contributed by atoms with Crippen LogP contribution in [0.5, 0.6) is 5.75 Å². The average molecular weight is 336 g/mol. The van der Waals surface area contributed by atoms with Crippen molar-refractivity contribution in [2.75, 3.05) is 20.2 Å². The molecule has 0 atom stereocenters. The van der Waals surface area contributed by atoms with Gasteiger partial charge in [-0.25, -0.2) is 0 Å². The minimum atomic E-state index is 0.140. The second-order valence-electron chi connectivity index (χ2n) is 4.49. The van der Waals surface area contributed by atoms with Crippen molar-refractivity contribution in [3.8, 4) is 17.0 Å². The normalized spacial score (nSPS) is 11.0. The fraction of sp³-hybridized carbons (Fsp3) is 0.200. The van der Waals surface area contributed by atoms with E-state index in [0.29, 0.717) is 10.8 Å². The molecule has 0 radical (unpaired) electrons. The van der Waals surface area contributed by atoms with Gasteiger partial charge in [-0.15, -0.1) is 10.2 Å². The summed E-state index contributed by atoms with van der Waals surface area (Å²) in [5, 5.41) is 10.1. The van der Waals surface area contributed by atoms with Gasteiger partial charge < -0.3 is 9.47 Å². The topological polar surface area (TPSA) is 48.7 Å².